The van der Waals surface area contributed by atoms with Crippen molar-refractivity contribution in [1.82, 2.24) is 14.3 Å². The van der Waals surface area contributed by atoms with Crippen molar-refractivity contribution < 1.29 is 9.53 Å². The normalized spacial score (nSPS) is 16.4. The van der Waals surface area contributed by atoms with E-state index in [4.69, 9.17) is 4.74 Å². The Balaban J connectivity index is 1.82. The molecular formula is C16H21N3O2. The second-order valence-corrected chi connectivity index (χ2v) is 5.81. The number of imidazole rings is 1. The molecule has 0 N–H and O–H groups in total. The van der Waals surface area contributed by atoms with E-state index in [0.717, 1.165) is 24.2 Å². The number of aryl methyl sites for hydroxylation is 1. The van der Waals surface area contributed by atoms with Crippen LogP contribution in [-0.2, 0) is 16.1 Å². The largest absolute Gasteiger partial charge is 0.468 e. The van der Waals surface area contributed by atoms with Crippen LogP contribution in [0.3, 0.4) is 0 Å². The highest BCUT2D eigenvalue weighted by Gasteiger charge is 2.35. The summed E-state index contributed by atoms with van der Waals surface area (Å²) in [6.07, 6.45) is 6.40. The number of rotatable bonds is 5. The summed E-state index contributed by atoms with van der Waals surface area (Å²) in [6.45, 7) is 4.65. The first-order valence-corrected chi connectivity index (χ1v) is 7.36. The number of methoxy groups -OCH3 is 1. The maximum absolute atomic E-state index is 11.8. The van der Waals surface area contributed by atoms with Crippen LogP contribution in [0, 0.1) is 6.92 Å². The average Bonchev–Trinajstić information content (AvgIpc) is 3.23. The van der Waals surface area contributed by atoms with Gasteiger partial charge in [-0.15, -0.1) is 0 Å². The summed E-state index contributed by atoms with van der Waals surface area (Å²) in [4.78, 5) is 18.6. The van der Waals surface area contributed by atoms with Gasteiger partial charge in [-0.2, -0.15) is 0 Å². The smallest absolute Gasteiger partial charge is 0.322 e. The Hall–Kier alpha value is -1.88. The number of hydrogen-bond acceptors (Lipinski definition) is 4. The van der Waals surface area contributed by atoms with E-state index in [1.165, 1.54) is 12.7 Å². The molecule has 0 bridgehead atoms. The molecular weight excluding hydrogens is 266 g/mol. The highest BCUT2D eigenvalue weighted by Crippen LogP contribution is 2.30. The summed E-state index contributed by atoms with van der Waals surface area (Å²) in [6, 6.07) is 4.32. The average molecular weight is 287 g/mol. The fraction of sp³-hybridized carbons (Fsp3) is 0.500. The molecule has 1 aliphatic carbocycles. The Morgan fingerprint density at radius 2 is 2.24 bits per heavy atom. The van der Waals surface area contributed by atoms with Crippen molar-refractivity contribution in [2.24, 2.45) is 0 Å². The molecule has 0 aromatic carbocycles. The van der Waals surface area contributed by atoms with Gasteiger partial charge in [0.1, 0.15) is 11.7 Å². The molecule has 0 amide bonds. The number of aromatic nitrogens is 2. The first kappa shape index (κ1) is 14.1. The van der Waals surface area contributed by atoms with Crippen molar-refractivity contribution in [2.75, 3.05) is 7.11 Å². The summed E-state index contributed by atoms with van der Waals surface area (Å²) in [5, 5.41) is 0. The lowest BCUT2D eigenvalue weighted by Gasteiger charge is -2.26. The van der Waals surface area contributed by atoms with Crippen LogP contribution in [0.5, 0.6) is 0 Å². The molecule has 5 nitrogen and oxygen atoms in total. The summed E-state index contributed by atoms with van der Waals surface area (Å²) >= 11 is 0. The zero-order valence-electron chi connectivity index (χ0n) is 12.7. The molecule has 2 aromatic heterocycles. The van der Waals surface area contributed by atoms with Crippen LogP contribution in [-0.4, -0.2) is 39.4 Å². The second-order valence-electron chi connectivity index (χ2n) is 5.81. The summed E-state index contributed by atoms with van der Waals surface area (Å²) in [5.74, 6) is -0.179. The first-order valence-electron chi connectivity index (χ1n) is 7.36. The minimum Gasteiger partial charge on any atom is -0.468 e. The van der Waals surface area contributed by atoms with Crippen molar-refractivity contribution in [3.05, 3.63) is 35.8 Å². The van der Waals surface area contributed by atoms with E-state index < -0.39 is 0 Å². The highest BCUT2D eigenvalue weighted by molar-refractivity contribution is 5.75. The Morgan fingerprint density at radius 3 is 2.90 bits per heavy atom. The molecule has 0 spiro atoms. The van der Waals surface area contributed by atoms with E-state index in [1.54, 1.807) is 0 Å². The SMILES string of the molecule is COC(=O)[C@@H](C)N(Cc1cn2cc(C)ccc2n1)C1CC1. The predicted octanol–water partition coefficient (Wildman–Crippen LogP) is 2.17. The van der Waals surface area contributed by atoms with E-state index in [9.17, 15) is 4.79 Å². The van der Waals surface area contributed by atoms with Crippen molar-refractivity contribution in [2.45, 2.75) is 45.3 Å². The third-order valence-corrected chi connectivity index (χ3v) is 4.05. The molecule has 112 valence electrons. The molecule has 0 saturated heterocycles. The van der Waals surface area contributed by atoms with Crippen LogP contribution in [0.2, 0.25) is 0 Å². The van der Waals surface area contributed by atoms with Gasteiger partial charge in [-0.25, -0.2) is 4.98 Å². The number of esters is 1. The first-order chi connectivity index (χ1) is 10.1. The molecule has 3 rings (SSSR count). The van der Waals surface area contributed by atoms with Gasteiger partial charge < -0.3 is 9.14 Å². The summed E-state index contributed by atoms with van der Waals surface area (Å²) in [7, 11) is 1.44. The topological polar surface area (TPSA) is 46.8 Å². The maximum Gasteiger partial charge on any atom is 0.322 e. The van der Waals surface area contributed by atoms with Crippen molar-refractivity contribution in [3.8, 4) is 0 Å². The molecule has 1 aliphatic rings. The van der Waals surface area contributed by atoms with Gasteiger partial charge in [-0.3, -0.25) is 9.69 Å². The molecule has 1 fully saturated rings. The van der Waals surface area contributed by atoms with Gasteiger partial charge >= 0.3 is 5.97 Å². The Morgan fingerprint density at radius 1 is 1.48 bits per heavy atom. The summed E-state index contributed by atoms with van der Waals surface area (Å²) in [5.41, 5.74) is 3.13. The molecule has 1 saturated carbocycles. The van der Waals surface area contributed by atoms with Gasteiger partial charge in [-0.1, -0.05) is 6.07 Å². The van der Waals surface area contributed by atoms with Gasteiger partial charge in [0.25, 0.3) is 0 Å². The molecule has 2 heterocycles. The lowest BCUT2D eigenvalue weighted by Crippen LogP contribution is -2.40. The molecule has 0 radical (unpaired) electrons. The monoisotopic (exact) mass is 287 g/mol. The van der Waals surface area contributed by atoms with Crippen LogP contribution in [0.15, 0.2) is 24.5 Å². The van der Waals surface area contributed by atoms with E-state index in [-0.39, 0.29) is 12.0 Å². The summed E-state index contributed by atoms with van der Waals surface area (Å²) < 4.78 is 6.92. The molecule has 21 heavy (non-hydrogen) atoms. The molecule has 5 heteroatoms. The maximum atomic E-state index is 11.8. The quantitative estimate of drug-likeness (QED) is 0.791. The number of carbonyl (C=O) groups excluding carboxylic acids is 1. The highest BCUT2D eigenvalue weighted by atomic mass is 16.5. The standard InChI is InChI=1S/C16H21N3O2/c1-11-4-7-15-17-13(9-18(15)8-11)10-19(14-5-6-14)12(2)16(20)21-3/h4,7-9,12,14H,5-6,10H2,1-3H3/t12-/m1/s1. The fourth-order valence-corrected chi connectivity index (χ4v) is 2.71. The molecule has 1 atom stereocenters. The number of hydrogen-bond donors (Lipinski definition) is 0. The van der Waals surface area contributed by atoms with Crippen molar-refractivity contribution >= 4 is 11.6 Å². The van der Waals surface area contributed by atoms with Gasteiger partial charge in [-0.05, 0) is 38.3 Å². The van der Waals surface area contributed by atoms with Crippen LogP contribution in [0.25, 0.3) is 5.65 Å². The van der Waals surface area contributed by atoms with Gasteiger partial charge in [0.2, 0.25) is 0 Å². The lowest BCUT2D eigenvalue weighted by molar-refractivity contribution is -0.146. The van der Waals surface area contributed by atoms with E-state index in [2.05, 4.69) is 29.1 Å². The van der Waals surface area contributed by atoms with Crippen LogP contribution < -0.4 is 0 Å². The van der Waals surface area contributed by atoms with Gasteiger partial charge in [0.05, 0.1) is 12.8 Å². The second kappa shape index (κ2) is 5.48. The zero-order chi connectivity index (χ0) is 15.0. The predicted molar refractivity (Wildman–Crippen MR) is 80.0 cm³/mol. The van der Waals surface area contributed by atoms with Crippen LogP contribution in [0.1, 0.15) is 31.0 Å². The van der Waals surface area contributed by atoms with Crippen LogP contribution >= 0.6 is 0 Å². The number of pyridine rings is 1. The van der Waals surface area contributed by atoms with Crippen molar-refractivity contribution in [3.63, 3.8) is 0 Å². The van der Waals surface area contributed by atoms with Gasteiger partial charge in [0, 0.05) is 25.0 Å². The Bertz CT molecular complexity index is 661. The minimum absolute atomic E-state index is 0.179. The van der Waals surface area contributed by atoms with Crippen molar-refractivity contribution in [1.29, 1.82) is 0 Å². The third kappa shape index (κ3) is 2.93. The molecule has 2 aromatic rings. The molecule has 0 unspecified atom stereocenters. The van der Waals surface area contributed by atoms with E-state index in [1.807, 2.05) is 23.6 Å². The van der Waals surface area contributed by atoms with E-state index >= 15 is 0 Å². The number of nitrogens with zero attached hydrogens (tertiary/aromatic N) is 3. The number of ether oxygens (including phenoxy) is 1. The fourth-order valence-electron chi connectivity index (χ4n) is 2.71. The van der Waals surface area contributed by atoms with Crippen LogP contribution in [0.4, 0.5) is 0 Å². The number of fused-ring (bicyclic) bond motifs is 1. The number of carbonyl (C=O) groups is 1. The van der Waals surface area contributed by atoms with Gasteiger partial charge in [0.15, 0.2) is 0 Å². The lowest BCUT2D eigenvalue weighted by atomic mass is 10.2. The Kier molecular flexibility index (Phi) is 3.68. The molecule has 0 aliphatic heterocycles. The minimum atomic E-state index is -0.228. The zero-order valence-corrected chi connectivity index (χ0v) is 12.7. The van der Waals surface area contributed by atoms with E-state index in [0.29, 0.717) is 12.6 Å². The third-order valence-electron chi connectivity index (χ3n) is 4.05. The Labute approximate surface area is 124 Å².